The Morgan fingerprint density at radius 2 is 0.547 bits per heavy atom. The van der Waals surface area contributed by atoms with Crippen molar-refractivity contribution in [3.05, 3.63) is 57.6 Å². The van der Waals surface area contributed by atoms with Gasteiger partial charge in [-0.05, 0) is 81.0 Å². The third-order valence-electron chi connectivity index (χ3n) is 15.1. The Morgan fingerprint density at radius 3 is 0.760 bits per heavy atom. The third-order valence-corrected chi connectivity index (χ3v) is 16.5. The molecule has 0 radical (unpaired) electrons. The first kappa shape index (κ1) is 68.3. The molecule has 0 bridgehead atoms. The summed E-state index contributed by atoms with van der Waals surface area (Å²) in [6.45, 7) is 35.5. The molecule has 0 heterocycles. The molecule has 2 rings (SSSR count). The zero-order valence-corrected chi connectivity index (χ0v) is 53.3. The number of unbranched alkanes of at least 4 members (excludes halogenated alkanes) is 30. The van der Waals surface area contributed by atoms with Crippen LogP contribution in [0.25, 0.3) is 0 Å². The van der Waals surface area contributed by atoms with Crippen LogP contribution < -0.4 is 8.85 Å². The molecule has 7 heteroatoms. The van der Waals surface area contributed by atoms with Gasteiger partial charge < -0.3 is 18.3 Å². The van der Waals surface area contributed by atoms with Crippen molar-refractivity contribution in [2.45, 2.75) is 337 Å². The molecule has 0 fully saturated rings. The molecule has 6 nitrogen and oxygen atoms in total. The summed E-state index contributed by atoms with van der Waals surface area (Å²) >= 11 is 0. The highest BCUT2D eigenvalue weighted by molar-refractivity contribution is 6.66. The largest absolute Gasteiger partial charge is 0.512 e. The molecule has 0 saturated carbocycles. The Bertz CT molecular complexity index is 1730. The van der Waals surface area contributed by atoms with E-state index in [9.17, 15) is 9.59 Å². The fourth-order valence-electron chi connectivity index (χ4n) is 10.4. The van der Waals surface area contributed by atoms with Gasteiger partial charge in [-0.2, -0.15) is 0 Å². The van der Waals surface area contributed by atoms with Gasteiger partial charge in [0.15, 0.2) is 0 Å². The monoisotopic (exact) mass is 1060 g/mol. The molecule has 0 aliphatic carbocycles. The smallest absolute Gasteiger partial charge is 0.454 e. The van der Waals surface area contributed by atoms with Gasteiger partial charge in [-0.15, -0.1) is 0 Å². The van der Waals surface area contributed by atoms with Gasteiger partial charge in [0.2, 0.25) is 0 Å². The average Bonchev–Trinajstić information content (AvgIpc) is 3.31. The van der Waals surface area contributed by atoms with Crippen LogP contribution in [0.1, 0.15) is 345 Å². The van der Waals surface area contributed by atoms with Gasteiger partial charge in [-0.1, -0.05) is 290 Å². The Labute approximate surface area is 465 Å². The summed E-state index contributed by atoms with van der Waals surface area (Å²) in [6, 6.07) is 8.20. The molecule has 2 aromatic carbocycles. The van der Waals surface area contributed by atoms with Crippen LogP contribution in [-0.2, 0) is 31.1 Å². The van der Waals surface area contributed by atoms with E-state index in [2.05, 4.69) is 122 Å². The van der Waals surface area contributed by atoms with Gasteiger partial charge in [-0.25, -0.2) is 9.59 Å². The zero-order valence-electron chi connectivity index (χ0n) is 52.3. The molecule has 0 unspecified atom stereocenters. The molecular formula is C68H120O6Si. The van der Waals surface area contributed by atoms with Gasteiger partial charge in [0.25, 0.3) is 0 Å². The van der Waals surface area contributed by atoms with Crippen LogP contribution in [0.2, 0.25) is 13.1 Å². The number of benzene rings is 2. The van der Waals surface area contributed by atoms with E-state index in [1.165, 1.54) is 180 Å². The highest BCUT2D eigenvalue weighted by Crippen LogP contribution is 2.42. The number of carbonyl (C=O) groups excluding carboxylic acids is 2. The van der Waals surface area contributed by atoms with E-state index in [4.69, 9.17) is 18.3 Å². The summed E-state index contributed by atoms with van der Waals surface area (Å²) in [5, 5.41) is 0. The maximum Gasteiger partial charge on any atom is 0.454 e. The summed E-state index contributed by atoms with van der Waals surface area (Å²) in [5.74, 6) is 0.944. The highest BCUT2D eigenvalue weighted by Gasteiger charge is 2.37. The van der Waals surface area contributed by atoms with Crippen LogP contribution in [0.5, 0.6) is 11.5 Å². The van der Waals surface area contributed by atoms with E-state index in [0.717, 1.165) is 59.4 Å². The number of esters is 2. The molecule has 0 saturated heterocycles. The van der Waals surface area contributed by atoms with Crippen LogP contribution in [0.4, 0.5) is 0 Å². The lowest BCUT2D eigenvalue weighted by molar-refractivity contribution is 0.0485. The van der Waals surface area contributed by atoms with E-state index in [-0.39, 0.29) is 33.6 Å². The first-order chi connectivity index (χ1) is 35.3. The van der Waals surface area contributed by atoms with Gasteiger partial charge in [-0.3, -0.25) is 0 Å². The molecule has 0 aliphatic heterocycles. The molecule has 0 spiro atoms. The number of hydrogen-bond donors (Lipinski definition) is 0. The fourth-order valence-corrected chi connectivity index (χ4v) is 11.9. The quantitative estimate of drug-likeness (QED) is 0.0376. The van der Waals surface area contributed by atoms with Crippen molar-refractivity contribution in [3.8, 4) is 11.5 Å². The molecule has 0 aliphatic rings. The highest BCUT2D eigenvalue weighted by atomic mass is 28.4. The van der Waals surface area contributed by atoms with Crippen LogP contribution in [0.3, 0.4) is 0 Å². The molecule has 0 amide bonds. The second-order valence-electron chi connectivity index (χ2n) is 27.3. The van der Waals surface area contributed by atoms with Crippen molar-refractivity contribution in [2.75, 3.05) is 13.2 Å². The minimum atomic E-state index is -3.01. The number of rotatable bonds is 40. The van der Waals surface area contributed by atoms with Gasteiger partial charge in [0, 0.05) is 13.1 Å². The van der Waals surface area contributed by atoms with Crippen molar-refractivity contribution < 1.29 is 27.9 Å². The van der Waals surface area contributed by atoms with Gasteiger partial charge in [0.1, 0.15) is 11.5 Å². The fraction of sp³-hybridized carbons (Fsp3) is 0.794. The van der Waals surface area contributed by atoms with E-state index >= 15 is 0 Å². The summed E-state index contributed by atoms with van der Waals surface area (Å²) in [6.07, 6.45) is 41.9. The SMILES string of the molecule is CCCCCCCCCCCCCCCCCCOC(=O)c1cc(C(C)(C)C)c(O[Si](C)(C)Oc2cc(C(C)(C)C)c(C(=O)OCCCCCCCCCCCCCCCCCC)cc2C(C)(C)C)cc1C(C)(C)C. The lowest BCUT2D eigenvalue weighted by Gasteiger charge is -2.34. The molecule has 75 heavy (non-hydrogen) atoms. The predicted octanol–water partition coefficient (Wildman–Crippen LogP) is 21.9. The van der Waals surface area contributed by atoms with E-state index in [0.29, 0.717) is 24.3 Å². The number of ether oxygens (including phenoxy) is 2. The van der Waals surface area contributed by atoms with E-state index in [1.54, 1.807) is 0 Å². The standard InChI is InChI=1S/C68H120O6Si/c1-17-19-21-23-25-27-29-31-33-35-37-39-41-43-45-47-49-71-63(69)55-51-59(67(9,10)11)61(53-57(55)65(3,4)5)73-75(15,16)74-62-54-58(66(6,7)8)56(52-60(62)68(12,13)14)64(70)72-50-48-46-44-42-40-38-36-34-32-30-28-26-24-22-20-18-2/h51-54H,17-50H2,1-16H3. The average molecular weight is 1060 g/mol. The van der Waals surface area contributed by atoms with Crippen LogP contribution >= 0.6 is 0 Å². The first-order valence-electron chi connectivity index (χ1n) is 31.4. The van der Waals surface area contributed by atoms with Crippen LogP contribution in [0, 0.1) is 0 Å². The van der Waals surface area contributed by atoms with E-state index in [1.807, 2.05) is 12.1 Å². The van der Waals surface area contributed by atoms with E-state index < -0.39 is 8.56 Å². The number of carbonyl (C=O) groups is 2. The second-order valence-corrected chi connectivity index (χ2v) is 30.5. The first-order valence-corrected chi connectivity index (χ1v) is 34.3. The molecule has 0 aromatic heterocycles. The van der Waals surface area contributed by atoms with Gasteiger partial charge >= 0.3 is 20.5 Å². The van der Waals surface area contributed by atoms with Crippen LogP contribution in [0.15, 0.2) is 24.3 Å². The van der Waals surface area contributed by atoms with Crippen molar-refractivity contribution in [1.29, 1.82) is 0 Å². The lowest BCUT2D eigenvalue weighted by atomic mass is 9.78. The minimum absolute atomic E-state index is 0.265. The van der Waals surface area contributed by atoms with Crippen molar-refractivity contribution in [2.24, 2.45) is 0 Å². The predicted molar refractivity (Wildman–Crippen MR) is 326 cm³/mol. The Balaban J connectivity index is 2.07. The van der Waals surface area contributed by atoms with Crippen molar-refractivity contribution >= 4 is 20.5 Å². The lowest BCUT2D eigenvalue weighted by Crippen LogP contribution is -2.43. The van der Waals surface area contributed by atoms with Crippen molar-refractivity contribution in [1.82, 2.24) is 0 Å². The zero-order chi connectivity index (χ0) is 56.0. The number of hydrogen-bond acceptors (Lipinski definition) is 6. The Hall–Kier alpha value is -2.80. The Morgan fingerprint density at radius 1 is 0.333 bits per heavy atom. The molecule has 0 N–H and O–H groups in total. The molecule has 2 aromatic rings. The second kappa shape index (κ2) is 35.7. The minimum Gasteiger partial charge on any atom is -0.512 e. The molecular weight excluding hydrogens is 941 g/mol. The summed E-state index contributed by atoms with van der Waals surface area (Å²) in [4.78, 5) is 28.0. The normalized spacial score (nSPS) is 12.6. The Kier molecular flexibility index (Phi) is 32.5. The van der Waals surface area contributed by atoms with Crippen LogP contribution in [-0.4, -0.2) is 33.7 Å². The van der Waals surface area contributed by atoms with Gasteiger partial charge in [0.05, 0.1) is 24.3 Å². The summed E-state index contributed by atoms with van der Waals surface area (Å²) in [5.41, 5.74) is 3.57. The third kappa shape index (κ3) is 28.6. The van der Waals surface area contributed by atoms with Crippen molar-refractivity contribution in [3.63, 3.8) is 0 Å². The summed E-state index contributed by atoms with van der Waals surface area (Å²) in [7, 11) is -3.01. The maximum absolute atomic E-state index is 14.0. The molecule has 0 atom stereocenters. The maximum atomic E-state index is 14.0. The molecule has 432 valence electrons. The summed E-state index contributed by atoms with van der Waals surface area (Å²) < 4.78 is 26.3. The topological polar surface area (TPSA) is 71.1 Å².